The van der Waals surface area contributed by atoms with Gasteiger partial charge < -0.3 is 4.90 Å². The van der Waals surface area contributed by atoms with Crippen molar-refractivity contribution in [2.75, 3.05) is 19.6 Å². The third kappa shape index (κ3) is 5.81. The fourth-order valence-electron chi connectivity index (χ4n) is 3.91. The molecule has 0 amide bonds. The molecule has 3 rings (SSSR count). The molecule has 0 unspecified atom stereocenters. The Bertz CT molecular complexity index is 674. The van der Waals surface area contributed by atoms with Crippen LogP contribution in [0.4, 0.5) is 0 Å². The van der Waals surface area contributed by atoms with Crippen LogP contribution in [-0.2, 0) is 12.8 Å². The molecule has 26 heavy (non-hydrogen) atoms. The van der Waals surface area contributed by atoms with E-state index in [1.807, 2.05) is 30.3 Å². The smallest absolute Gasteiger partial charge is 0.162 e. The van der Waals surface area contributed by atoms with Gasteiger partial charge in [0.1, 0.15) is 0 Å². The molecule has 2 aromatic rings. The van der Waals surface area contributed by atoms with E-state index < -0.39 is 0 Å². The molecule has 2 aromatic carbocycles. The van der Waals surface area contributed by atoms with Crippen LogP contribution in [0, 0.1) is 0 Å². The van der Waals surface area contributed by atoms with Gasteiger partial charge in [0.25, 0.3) is 0 Å². The van der Waals surface area contributed by atoms with Crippen LogP contribution < -0.4 is 0 Å². The minimum atomic E-state index is 0.268. The molecule has 2 nitrogen and oxygen atoms in total. The zero-order valence-electron chi connectivity index (χ0n) is 15.8. The highest BCUT2D eigenvalue weighted by molar-refractivity contribution is 5.95. The van der Waals surface area contributed by atoms with E-state index in [1.165, 1.54) is 56.4 Å². The Morgan fingerprint density at radius 1 is 0.769 bits per heavy atom. The number of benzene rings is 2. The van der Waals surface area contributed by atoms with Crippen molar-refractivity contribution in [3.05, 3.63) is 71.3 Å². The topological polar surface area (TPSA) is 20.3 Å². The maximum absolute atomic E-state index is 12.2. The van der Waals surface area contributed by atoms with Crippen LogP contribution in [0.15, 0.2) is 54.6 Å². The molecule has 1 fully saturated rings. The molecular formula is C24H31NO. The fraction of sp³-hybridized carbons (Fsp3) is 0.458. The maximum atomic E-state index is 12.2. The molecule has 1 aliphatic rings. The molecule has 0 aromatic heterocycles. The van der Waals surface area contributed by atoms with Crippen molar-refractivity contribution in [3.63, 3.8) is 0 Å². The SMILES string of the molecule is O=C(CCCCc1ccccc1CCCN1CCCC1)c1ccccc1. The van der Waals surface area contributed by atoms with Gasteiger partial charge in [-0.2, -0.15) is 0 Å². The number of unbranched alkanes of at least 4 members (excludes halogenated alkanes) is 1. The van der Waals surface area contributed by atoms with Crippen molar-refractivity contribution in [2.24, 2.45) is 0 Å². The molecule has 1 aliphatic heterocycles. The highest BCUT2D eigenvalue weighted by Crippen LogP contribution is 2.17. The van der Waals surface area contributed by atoms with Gasteiger partial charge in [0.15, 0.2) is 5.78 Å². The van der Waals surface area contributed by atoms with Crippen LogP contribution in [-0.4, -0.2) is 30.3 Å². The number of nitrogens with zero attached hydrogens (tertiary/aromatic N) is 1. The second-order valence-corrected chi connectivity index (χ2v) is 7.42. The lowest BCUT2D eigenvalue weighted by Crippen LogP contribution is -2.20. The monoisotopic (exact) mass is 349 g/mol. The van der Waals surface area contributed by atoms with Gasteiger partial charge in [0, 0.05) is 12.0 Å². The van der Waals surface area contributed by atoms with E-state index in [1.54, 1.807) is 0 Å². The molecule has 0 bridgehead atoms. The number of aryl methyl sites for hydroxylation is 2. The Balaban J connectivity index is 1.40. The van der Waals surface area contributed by atoms with Crippen molar-refractivity contribution in [3.8, 4) is 0 Å². The van der Waals surface area contributed by atoms with E-state index in [-0.39, 0.29) is 5.78 Å². The Kier molecular flexibility index (Phi) is 7.45. The Labute approximate surface area is 158 Å². The summed E-state index contributed by atoms with van der Waals surface area (Å²) < 4.78 is 0. The van der Waals surface area contributed by atoms with Crippen LogP contribution >= 0.6 is 0 Å². The van der Waals surface area contributed by atoms with E-state index in [4.69, 9.17) is 0 Å². The number of rotatable bonds is 10. The third-order valence-corrected chi connectivity index (χ3v) is 5.43. The van der Waals surface area contributed by atoms with Crippen LogP contribution in [0.5, 0.6) is 0 Å². The minimum Gasteiger partial charge on any atom is -0.303 e. The molecule has 138 valence electrons. The average molecular weight is 350 g/mol. The highest BCUT2D eigenvalue weighted by Gasteiger charge is 2.11. The van der Waals surface area contributed by atoms with Crippen molar-refractivity contribution in [2.45, 2.75) is 51.4 Å². The van der Waals surface area contributed by atoms with Crippen LogP contribution in [0.3, 0.4) is 0 Å². The van der Waals surface area contributed by atoms with E-state index in [9.17, 15) is 4.79 Å². The summed E-state index contributed by atoms with van der Waals surface area (Å²) in [5.41, 5.74) is 3.82. The predicted molar refractivity (Wildman–Crippen MR) is 109 cm³/mol. The van der Waals surface area contributed by atoms with E-state index in [0.29, 0.717) is 6.42 Å². The summed E-state index contributed by atoms with van der Waals surface area (Å²) in [7, 11) is 0. The summed E-state index contributed by atoms with van der Waals surface area (Å²) in [6.45, 7) is 3.81. The van der Waals surface area contributed by atoms with Gasteiger partial charge in [0.2, 0.25) is 0 Å². The third-order valence-electron chi connectivity index (χ3n) is 5.43. The Hall–Kier alpha value is -1.93. The maximum Gasteiger partial charge on any atom is 0.162 e. The van der Waals surface area contributed by atoms with Gasteiger partial charge in [-0.05, 0) is 75.7 Å². The Morgan fingerprint density at radius 2 is 1.38 bits per heavy atom. The quantitative estimate of drug-likeness (QED) is 0.428. The first kappa shape index (κ1) is 18.8. The first-order chi connectivity index (χ1) is 12.8. The van der Waals surface area contributed by atoms with Gasteiger partial charge in [-0.1, -0.05) is 54.6 Å². The first-order valence-corrected chi connectivity index (χ1v) is 10.2. The molecule has 2 heteroatoms. The van der Waals surface area contributed by atoms with Gasteiger partial charge in [-0.25, -0.2) is 0 Å². The lowest BCUT2D eigenvalue weighted by atomic mass is 9.97. The van der Waals surface area contributed by atoms with Gasteiger partial charge in [0.05, 0.1) is 0 Å². The average Bonchev–Trinajstić information content (AvgIpc) is 3.20. The molecule has 0 aliphatic carbocycles. The normalized spacial score (nSPS) is 14.6. The second-order valence-electron chi connectivity index (χ2n) is 7.42. The number of hydrogen-bond acceptors (Lipinski definition) is 2. The molecule has 0 saturated carbocycles. The lowest BCUT2D eigenvalue weighted by molar-refractivity contribution is 0.0979. The number of carbonyl (C=O) groups is 1. The first-order valence-electron chi connectivity index (χ1n) is 10.2. The molecular weight excluding hydrogens is 318 g/mol. The number of ketones is 1. The van der Waals surface area contributed by atoms with Crippen LogP contribution in [0.2, 0.25) is 0 Å². The number of hydrogen-bond donors (Lipinski definition) is 0. The summed E-state index contributed by atoms with van der Waals surface area (Å²) in [4.78, 5) is 14.8. The van der Waals surface area contributed by atoms with Crippen LogP contribution in [0.1, 0.15) is 60.0 Å². The second kappa shape index (κ2) is 10.3. The van der Waals surface area contributed by atoms with E-state index in [0.717, 1.165) is 24.8 Å². The van der Waals surface area contributed by atoms with Crippen molar-refractivity contribution in [1.29, 1.82) is 0 Å². The lowest BCUT2D eigenvalue weighted by Gasteiger charge is -2.15. The summed E-state index contributed by atoms with van der Waals surface area (Å²) in [5.74, 6) is 0.268. The molecule has 0 atom stereocenters. The zero-order valence-corrected chi connectivity index (χ0v) is 15.8. The fourth-order valence-corrected chi connectivity index (χ4v) is 3.91. The van der Waals surface area contributed by atoms with Crippen molar-refractivity contribution in [1.82, 2.24) is 4.90 Å². The zero-order chi connectivity index (χ0) is 18.0. The van der Waals surface area contributed by atoms with Crippen molar-refractivity contribution < 1.29 is 4.79 Å². The molecule has 1 heterocycles. The summed E-state index contributed by atoms with van der Waals surface area (Å²) in [6, 6.07) is 18.5. The van der Waals surface area contributed by atoms with E-state index in [2.05, 4.69) is 29.2 Å². The van der Waals surface area contributed by atoms with Gasteiger partial charge in [-0.3, -0.25) is 4.79 Å². The highest BCUT2D eigenvalue weighted by atomic mass is 16.1. The van der Waals surface area contributed by atoms with Gasteiger partial charge >= 0.3 is 0 Å². The van der Waals surface area contributed by atoms with E-state index >= 15 is 0 Å². The Morgan fingerprint density at radius 3 is 2.08 bits per heavy atom. The molecule has 0 radical (unpaired) electrons. The van der Waals surface area contributed by atoms with Crippen LogP contribution in [0.25, 0.3) is 0 Å². The van der Waals surface area contributed by atoms with Gasteiger partial charge in [-0.15, -0.1) is 0 Å². The predicted octanol–water partition coefficient (Wildman–Crippen LogP) is 5.31. The minimum absolute atomic E-state index is 0.268. The molecule has 0 spiro atoms. The number of Topliss-reactive ketones (excluding diaryl/α,β-unsaturated/α-hetero) is 1. The summed E-state index contributed by atoms with van der Waals surface area (Å²) in [6.07, 6.45) is 8.97. The number of likely N-dealkylation sites (tertiary alicyclic amines) is 1. The number of carbonyl (C=O) groups excluding carboxylic acids is 1. The van der Waals surface area contributed by atoms with Crippen molar-refractivity contribution >= 4 is 5.78 Å². The summed E-state index contributed by atoms with van der Waals surface area (Å²) in [5, 5.41) is 0. The summed E-state index contributed by atoms with van der Waals surface area (Å²) >= 11 is 0. The molecule has 1 saturated heterocycles. The molecule has 0 N–H and O–H groups in total. The largest absolute Gasteiger partial charge is 0.303 e. The standard InChI is InChI=1S/C24H31NO/c26-24(23-14-2-1-3-15-23)17-7-6-13-21-11-4-5-12-22(21)16-10-20-25-18-8-9-19-25/h1-5,11-12,14-15H,6-10,13,16-20H2.